The first-order chi connectivity index (χ1) is 7.81. The zero-order valence-corrected chi connectivity index (χ0v) is 10.5. The predicted molar refractivity (Wildman–Crippen MR) is 65.4 cm³/mol. The molecule has 90 valence electrons. The standard InChI is InChI=1S/C11H19N3OS/c1-2-13-3-5-14(6-4-13)8-11-12-7-10(9-15)16-11/h7,15H,2-6,8-9H2,1H3. The fourth-order valence-corrected chi connectivity index (χ4v) is 2.77. The van der Waals surface area contributed by atoms with Crippen LogP contribution in [0, 0.1) is 0 Å². The van der Waals surface area contributed by atoms with Crippen LogP contribution in [0.2, 0.25) is 0 Å². The molecule has 1 aromatic heterocycles. The second-order valence-electron chi connectivity index (χ2n) is 4.09. The van der Waals surface area contributed by atoms with E-state index < -0.39 is 0 Å². The van der Waals surface area contributed by atoms with Crippen molar-refractivity contribution >= 4 is 11.3 Å². The minimum Gasteiger partial charge on any atom is -0.391 e. The van der Waals surface area contributed by atoms with Gasteiger partial charge < -0.3 is 10.0 Å². The Balaban J connectivity index is 1.82. The third-order valence-corrected chi connectivity index (χ3v) is 4.00. The van der Waals surface area contributed by atoms with Gasteiger partial charge in [0.05, 0.1) is 18.0 Å². The van der Waals surface area contributed by atoms with Crippen molar-refractivity contribution in [1.29, 1.82) is 0 Å². The van der Waals surface area contributed by atoms with E-state index in [0.29, 0.717) is 0 Å². The van der Waals surface area contributed by atoms with Crippen LogP contribution in [0.3, 0.4) is 0 Å². The molecule has 1 N–H and O–H groups in total. The second-order valence-corrected chi connectivity index (χ2v) is 5.29. The van der Waals surface area contributed by atoms with Crippen LogP contribution >= 0.6 is 11.3 Å². The molecule has 1 aliphatic heterocycles. The monoisotopic (exact) mass is 241 g/mol. The van der Waals surface area contributed by atoms with Crippen molar-refractivity contribution in [3.63, 3.8) is 0 Å². The lowest BCUT2D eigenvalue weighted by molar-refractivity contribution is 0.132. The Morgan fingerprint density at radius 3 is 2.56 bits per heavy atom. The van der Waals surface area contributed by atoms with Crippen LogP contribution in [0.15, 0.2) is 6.20 Å². The van der Waals surface area contributed by atoms with Crippen LogP contribution in [0.5, 0.6) is 0 Å². The van der Waals surface area contributed by atoms with Crippen LogP contribution in [-0.2, 0) is 13.2 Å². The highest BCUT2D eigenvalue weighted by molar-refractivity contribution is 7.11. The van der Waals surface area contributed by atoms with E-state index in [2.05, 4.69) is 21.7 Å². The van der Waals surface area contributed by atoms with Gasteiger partial charge in [0, 0.05) is 32.4 Å². The summed E-state index contributed by atoms with van der Waals surface area (Å²) in [5.41, 5.74) is 0. The molecule has 0 unspecified atom stereocenters. The van der Waals surface area contributed by atoms with Crippen LogP contribution in [0.25, 0.3) is 0 Å². The summed E-state index contributed by atoms with van der Waals surface area (Å²) in [5.74, 6) is 0. The van der Waals surface area contributed by atoms with Crippen molar-refractivity contribution in [3.8, 4) is 0 Å². The summed E-state index contributed by atoms with van der Waals surface area (Å²) in [4.78, 5) is 10.2. The van der Waals surface area contributed by atoms with Crippen molar-refractivity contribution in [2.24, 2.45) is 0 Å². The number of likely N-dealkylation sites (N-methyl/N-ethyl adjacent to an activating group) is 1. The molecule has 0 atom stereocenters. The van der Waals surface area contributed by atoms with E-state index in [1.165, 1.54) is 0 Å². The van der Waals surface area contributed by atoms with Gasteiger partial charge in [-0.1, -0.05) is 6.92 Å². The van der Waals surface area contributed by atoms with Gasteiger partial charge in [-0.2, -0.15) is 0 Å². The van der Waals surface area contributed by atoms with Crippen LogP contribution in [0.1, 0.15) is 16.8 Å². The quantitative estimate of drug-likeness (QED) is 0.845. The van der Waals surface area contributed by atoms with Crippen molar-refractivity contribution in [2.45, 2.75) is 20.1 Å². The van der Waals surface area contributed by atoms with Crippen LogP contribution < -0.4 is 0 Å². The number of rotatable bonds is 4. The third-order valence-electron chi connectivity index (χ3n) is 3.03. The van der Waals surface area contributed by atoms with E-state index in [1.807, 2.05) is 0 Å². The summed E-state index contributed by atoms with van der Waals surface area (Å²) >= 11 is 1.62. The van der Waals surface area contributed by atoms with Gasteiger partial charge in [0.2, 0.25) is 0 Å². The fraction of sp³-hybridized carbons (Fsp3) is 0.727. The van der Waals surface area contributed by atoms with E-state index in [9.17, 15) is 0 Å². The minimum atomic E-state index is 0.112. The summed E-state index contributed by atoms with van der Waals surface area (Å²) in [5, 5.41) is 10.1. The Labute approximate surface area is 101 Å². The Morgan fingerprint density at radius 2 is 2.00 bits per heavy atom. The Morgan fingerprint density at radius 1 is 1.31 bits per heavy atom. The molecular formula is C11H19N3OS. The highest BCUT2D eigenvalue weighted by atomic mass is 32.1. The number of aliphatic hydroxyl groups is 1. The summed E-state index contributed by atoms with van der Waals surface area (Å²) in [6.45, 7) is 8.99. The van der Waals surface area contributed by atoms with Crippen molar-refractivity contribution in [2.75, 3.05) is 32.7 Å². The van der Waals surface area contributed by atoms with Crippen LogP contribution in [0.4, 0.5) is 0 Å². The SMILES string of the molecule is CCN1CCN(Cc2ncc(CO)s2)CC1. The number of thiazole rings is 1. The molecule has 0 saturated carbocycles. The van der Waals surface area contributed by atoms with E-state index in [4.69, 9.17) is 5.11 Å². The third kappa shape index (κ3) is 3.01. The Hall–Kier alpha value is -0.490. The second kappa shape index (κ2) is 5.72. The first-order valence-electron chi connectivity index (χ1n) is 5.81. The topological polar surface area (TPSA) is 39.6 Å². The van der Waals surface area contributed by atoms with Gasteiger partial charge in [0.25, 0.3) is 0 Å². The molecule has 0 bridgehead atoms. The zero-order chi connectivity index (χ0) is 11.4. The number of nitrogens with zero attached hydrogens (tertiary/aromatic N) is 3. The average molecular weight is 241 g/mol. The number of hydrogen-bond acceptors (Lipinski definition) is 5. The molecule has 1 saturated heterocycles. The first-order valence-corrected chi connectivity index (χ1v) is 6.62. The lowest BCUT2D eigenvalue weighted by Gasteiger charge is -2.33. The van der Waals surface area contributed by atoms with Crippen molar-refractivity contribution in [3.05, 3.63) is 16.1 Å². The van der Waals surface area contributed by atoms with Gasteiger partial charge in [0.1, 0.15) is 5.01 Å². The smallest absolute Gasteiger partial charge is 0.107 e. The van der Waals surface area contributed by atoms with Gasteiger partial charge in [-0.15, -0.1) is 11.3 Å². The van der Waals surface area contributed by atoms with Gasteiger partial charge in [-0.05, 0) is 6.54 Å². The predicted octanol–water partition coefficient (Wildman–Crippen LogP) is 0.773. The minimum absolute atomic E-state index is 0.112. The summed E-state index contributed by atoms with van der Waals surface area (Å²) in [6.07, 6.45) is 1.78. The van der Waals surface area contributed by atoms with Crippen LogP contribution in [-0.4, -0.2) is 52.6 Å². The molecule has 0 radical (unpaired) electrons. The number of hydrogen-bond donors (Lipinski definition) is 1. The molecule has 0 aliphatic carbocycles. The van der Waals surface area contributed by atoms with Gasteiger partial charge in [0.15, 0.2) is 0 Å². The van der Waals surface area contributed by atoms with E-state index in [-0.39, 0.29) is 6.61 Å². The number of aromatic nitrogens is 1. The molecule has 0 amide bonds. The number of aliphatic hydroxyl groups excluding tert-OH is 1. The zero-order valence-electron chi connectivity index (χ0n) is 9.72. The molecule has 0 aromatic carbocycles. The van der Waals surface area contributed by atoms with Crippen molar-refractivity contribution in [1.82, 2.24) is 14.8 Å². The summed E-state index contributed by atoms with van der Waals surface area (Å²) in [7, 11) is 0. The Bertz CT molecular complexity index is 321. The molecular weight excluding hydrogens is 222 g/mol. The normalized spacial score (nSPS) is 19.1. The Kier molecular flexibility index (Phi) is 4.29. The van der Waals surface area contributed by atoms with E-state index >= 15 is 0 Å². The van der Waals surface area contributed by atoms with E-state index in [0.717, 1.165) is 49.2 Å². The summed E-state index contributed by atoms with van der Waals surface area (Å²) < 4.78 is 0. The molecule has 4 nitrogen and oxygen atoms in total. The number of piperazine rings is 1. The van der Waals surface area contributed by atoms with Gasteiger partial charge in [-0.3, -0.25) is 4.90 Å². The maximum atomic E-state index is 8.97. The van der Waals surface area contributed by atoms with E-state index in [1.54, 1.807) is 17.5 Å². The molecule has 5 heteroatoms. The molecule has 16 heavy (non-hydrogen) atoms. The molecule has 1 fully saturated rings. The lowest BCUT2D eigenvalue weighted by Crippen LogP contribution is -2.45. The molecule has 0 spiro atoms. The summed E-state index contributed by atoms with van der Waals surface area (Å²) in [6, 6.07) is 0. The average Bonchev–Trinajstić information content (AvgIpc) is 2.78. The van der Waals surface area contributed by atoms with Gasteiger partial charge >= 0.3 is 0 Å². The first kappa shape index (κ1) is 12.0. The maximum absolute atomic E-state index is 8.97. The lowest BCUT2D eigenvalue weighted by atomic mass is 10.3. The molecule has 2 rings (SSSR count). The molecule has 2 heterocycles. The highest BCUT2D eigenvalue weighted by Crippen LogP contribution is 2.15. The highest BCUT2D eigenvalue weighted by Gasteiger charge is 2.16. The van der Waals surface area contributed by atoms with Gasteiger partial charge in [-0.25, -0.2) is 4.98 Å². The fourth-order valence-electron chi connectivity index (χ4n) is 1.95. The molecule has 1 aromatic rings. The largest absolute Gasteiger partial charge is 0.391 e. The van der Waals surface area contributed by atoms with Crippen molar-refractivity contribution < 1.29 is 5.11 Å². The maximum Gasteiger partial charge on any atom is 0.107 e. The molecule has 1 aliphatic rings.